The van der Waals surface area contributed by atoms with Crippen molar-refractivity contribution in [2.45, 2.75) is 13.0 Å². The molecule has 22 heavy (non-hydrogen) atoms. The van der Waals surface area contributed by atoms with Crippen molar-refractivity contribution < 1.29 is 4.79 Å². The molecule has 0 unspecified atom stereocenters. The summed E-state index contributed by atoms with van der Waals surface area (Å²) in [5.41, 5.74) is 8.36. The Balaban J connectivity index is 1.63. The number of hydrogen-bond acceptors (Lipinski definition) is 4. The molecular weight excluding hydrogens is 364 g/mol. The number of benzene rings is 1. The number of carbonyl (C=O) groups excluding carboxylic acids is 1. The number of H-pyrrole nitrogens is 1. The third kappa shape index (κ3) is 2.30. The van der Waals surface area contributed by atoms with Crippen LogP contribution in [0.3, 0.4) is 0 Å². The summed E-state index contributed by atoms with van der Waals surface area (Å²) in [5.74, 6) is 0.0185. The van der Waals surface area contributed by atoms with Crippen LogP contribution in [0, 0.1) is 0 Å². The highest BCUT2D eigenvalue weighted by Crippen LogP contribution is 2.28. The molecule has 1 aliphatic heterocycles. The second-order valence-corrected chi connectivity index (χ2v) is 7.34. The molecule has 1 aliphatic rings. The molecule has 0 bridgehead atoms. The van der Waals surface area contributed by atoms with Crippen LogP contribution in [0.5, 0.6) is 0 Å². The Morgan fingerprint density at radius 3 is 3.14 bits per heavy atom. The first kappa shape index (κ1) is 13.8. The molecule has 0 radical (unpaired) electrons. The van der Waals surface area contributed by atoms with E-state index >= 15 is 0 Å². The fourth-order valence-corrected chi connectivity index (χ4v) is 4.03. The first-order chi connectivity index (χ1) is 10.6. The smallest absolute Gasteiger partial charge is 0.270 e. The van der Waals surface area contributed by atoms with Crippen molar-refractivity contribution in [3.05, 3.63) is 45.0 Å². The third-order valence-corrected chi connectivity index (χ3v) is 5.25. The number of amides is 1. The van der Waals surface area contributed by atoms with E-state index in [1.807, 2.05) is 29.2 Å². The SMILES string of the molecule is Nc1nc2c(s1)CN(C(=O)c1cc3ccc(Br)cc3[nH]1)CC2. The van der Waals surface area contributed by atoms with E-state index < -0.39 is 0 Å². The predicted molar refractivity (Wildman–Crippen MR) is 91.0 cm³/mol. The normalized spacial score (nSPS) is 14.3. The number of nitrogens with one attached hydrogen (secondary N) is 1. The van der Waals surface area contributed by atoms with Gasteiger partial charge in [0.2, 0.25) is 0 Å². The van der Waals surface area contributed by atoms with E-state index in [4.69, 9.17) is 5.73 Å². The van der Waals surface area contributed by atoms with Gasteiger partial charge in [-0.3, -0.25) is 4.79 Å². The fourth-order valence-electron chi connectivity index (χ4n) is 2.77. The molecule has 112 valence electrons. The molecule has 0 saturated carbocycles. The van der Waals surface area contributed by atoms with Crippen LogP contribution in [0.2, 0.25) is 0 Å². The van der Waals surface area contributed by atoms with Crippen molar-refractivity contribution in [1.29, 1.82) is 0 Å². The molecule has 1 amide bonds. The maximum Gasteiger partial charge on any atom is 0.270 e. The maximum absolute atomic E-state index is 12.7. The number of nitrogens with zero attached hydrogens (tertiary/aromatic N) is 2. The molecule has 3 aromatic rings. The quantitative estimate of drug-likeness (QED) is 0.684. The van der Waals surface area contributed by atoms with Crippen LogP contribution in [0.25, 0.3) is 10.9 Å². The average molecular weight is 377 g/mol. The van der Waals surface area contributed by atoms with Gasteiger partial charge >= 0.3 is 0 Å². The van der Waals surface area contributed by atoms with Crippen LogP contribution in [-0.2, 0) is 13.0 Å². The van der Waals surface area contributed by atoms with Gasteiger partial charge in [-0.2, -0.15) is 0 Å². The van der Waals surface area contributed by atoms with Crippen molar-refractivity contribution in [1.82, 2.24) is 14.9 Å². The lowest BCUT2D eigenvalue weighted by Crippen LogP contribution is -2.35. The van der Waals surface area contributed by atoms with Crippen LogP contribution in [-0.4, -0.2) is 27.3 Å². The van der Waals surface area contributed by atoms with Crippen LogP contribution in [0.1, 0.15) is 21.1 Å². The lowest BCUT2D eigenvalue weighted by Gasteiger charge is -2.25. The molecule has 1 aromatic carbocycles. The number of anilines is 1. The van der Waals surface area contributed by atoms with Gasteiger partial charge in [-0.05, 0) is 18.2 Å². The number of aromatic amines is 1. The Hall–Kier alpha value is -1.86. The third-order valence-electron chi connectivity index (χ3n) is 3.85. The van der Waals surface area contributed by atoms with E-state index in [-0.39, 0.29) is 5.91 Å². The van der Waals surface area contributed by atoms with Gasteiger partial charge in [0.1, 0.15) is 5.69 Å². The highest BCUT2D eigenvalue weighted by Gasteiger charge is 2.25. The average Bonchev–Trinajstić information content (AvgIpc) is 3.07. The second-order valence-electron chi connectivity index (χ2n) is 5.31. The highest BCUT2D eigenvalue weighted by atomic mass is 79.9. The van der Waals surface area contributed by atoms with Gasteiger partial charge in [-0.25, -0.2) is 4.98 Å². The zero-order valence-electron chi connectivity index (χ0n) is 11.6. The van der Waals surface area contributed by atoms with Gasteiger partial charge in [0.25, 0.3) is 5.91 Å². The first-order valence-corrected chi connectivity index (χ1v) is 8.53. The van der Waals surface area contributed by atoms with E-state index in [1.54, 1.807) is 0 Å². The molecule has 3 N–H and O–H groups in total. The molecule has 0 aliphatic carbocycles. The summed E-state index contributed by atoms with van der Waals surface area (Å²) in [4.78, 5) is 23.2. The summed E-state index contributed by atoms with van der Waals surface area (Å²) in [5, 5.41) is 1.61. The topological polar surface area (TPSA) is 75.0 Å². The number of aromatic nitrogens is 2. The molecular formula is C15H13BrN4OS. The van der Waals surface area contributed by atoms with E-state index in [1.165, 1.54) is 11.3 Å². The van der Waals surface area contributed by atoms with Gasteiger partial charge < -0.3 is 15.6 Å². The number of halogens is 1. The standard InChI is InChI=1S/C15H13BrN4OS/c16-9-2-1-8-5-12(18-11(8)6-9)14(21)20-4-3-10-13(7-20)22-15(17)19-10/h1-2,5-6,18H,3-4,7H2,(H2,17,19). The number of thiazole rings is 1. The van der Waals surface area contributed by atoms with Crippen LogP contribution in [0.15, 0.2) is 28.7 Å². The van der Waals surface area contributed by atoms with Crippen molar-refractivity contribution in [3.63, 3.8) is 0 Å². The van der Waals surface area contributed by atoms with Gasteiger partial charge in [0, 0.05) is 33.2 Å². The first-order valence-electron chi connectivity index (χ1n) is 6.92. The van der Waals surface area contributed by atoms with Gasteiger partial charge in [0.15, 0.2) is 5.13 Å². The molecule has 2 aromatic heterocycles. The lowest BCUT2D eigenvalue weighted by atomic mass is 10.1. The molecule has 3 heterocycles. The Morgan fingerprint density at radius 2 is 2.27 bits per heavy atom. The number of rotatable bonds is 1. The second kappa shape index (κ2) is 5.10. The Labute approximate surface area is 139 Å². The largest absolute Gasteiger partial charge is 0.375 e. The lowest BCUT2D eigenvalue weighted by molar-refractivity contribution is 0.0731. The Bertz CT molecular complexity index is 885. The van der Waals surface area contributed by atoms with Crippen LogP contribution < -0.4 is 5.73 Å². The zero-order valence-corrected chi connectivity index (χ0v) is 14.0. The van der Waals surface area contributed by atoms with Crippen LogP contribution in [0.4, 0.5) is 5.13 Å². The molecule has 0 atom stereocenters. The highest BCUT2D eigenvalue weighted by molar-refractivity contribution is 9.10. The number of carbonyl (C=O) groups is 1. The van der Waals surface area contributed by atoms with Gasteiger partial charge in [-0.15, -0.1) is 11.3 Å². The molecule has 5 nitrogen and oxygen atoms in total. The number of nitrogen functional groups attached to an aromatic ring is 1. The summed E-state index contributed by atoms with van der Waals surface area (Å²) in [6.45, 7) is 1.26. The Kier molecular flexibility index (Phi) is 3.19. The Morgan fingerprint density at radius 1 is 1.41 bits per heavy atom. The van der Waals surface area contributed by atoms with Gasteiger partial charge in [0.05, 0.1) is 12.2 Å². The number of fused-ring (bicyclic) bond motifs is 2. The maximum atomic E-state index is 12.7. The molecule has 7 heteroatoms. The molecule has 4 rings (SSSR count). The summed E-state index contributed by atoms with van der Waals surface area (Å²) in [6, 6.07) is 7.84. The van der Waals surface area contributed by atoms with Crippen molar-refractivity contribution >= 4 is 49.2 Å². The molecule has 0 saturated heterocycles. The summed E-state index contributed by atoms with van der Waals surface area (Å²) in [7, 11) is 0. The van der Waals surface area contributed by atoms with Crippen molar-refractivity contribution in [2.75, 3.05) is 12.3 Å². The predicted octanol–water partition coefficient (Wildman–Crippen LogP) is 3.17. The minimum absolute atomic E-state index is 0.0185. The summed E-state index contributed by atoms with van der Waals surface area (Å²) in [6.07, 6.45) is 0.764. The van der Waals surface area contributed by atoms with Gasteiger partial charge in [-0.1, -0.05) is 22.0 Å². The molecule has 0 spiro atoms. The fraction of sp³-hybridized carbons (Fsp3) is 0.200. The zero-order chi connectivity index (χ0) is 15.3. The van der Waals surface area contributed by atoms with E-state index in [0.717, 1.165) is 32.4 Å². The van der Waals surface area contributed by atoms with Crippen molar-refractivity contribution in [2.24, 2.45) is 0 Å². The molecule has 0 fully saturated rings. The van der Waals surface area contributed by atoms with Crippen LogP contribution >= 0.6 is 27.3 Å². The number of nitrogens with two attached hydrogens (primary N) is 1. The van der Waals surface area contributed by atoms with E-state index in [0.29, 0.717) is 23.9 Å². The number of hydrogen-bond donors (Lipinski definition) is 2. The summed E-state index contributed by atoms with van der Waals surface area (Å²) < 4.78 is 0.989. The minimum atomic E-state index is 0.0185. The monoisotopic (exact) mass is 376 g/mol. The van der Waals surface area contributed by atoms with E-state index in [2.05, 4.69) is 25.9 Å². The van der Waals surface area contributed by atoms with E-state index in [9.17, 15) is 4.79 Å². The van der Waals surface area contributed by atoms with Crippen molar-refractivity contribution in [3.8, 4) is 0 Å². The summed E-state index contributed by atoms with van der Waals surface area (Å²) >= 11 is 4.91. The minimum Gasteiger partial charge on any atom is -0.375 e.